The number of ether oxygens (including phenoxy) is 1. The quantitative estimate of drug-likeness (QED) is 0.751. The molecule has 0 atom stereocenters. The van der Waals surface area contributed by atoms with Crippen LogP contribution in [0.4, 0.5) is 0 Å². The highest BCUT2D eigenvalue weighted by molar-refractivity contribution is 5.76. The first-order valence-corrected chi connectivity index (χ1v) is 8.47. The summed E-state index contributed by atoms with van der Waals surface area (Å²) in [6.45, 7) is 4.35. The molecule has 0 amide bonds. The zero-order valence-corrected chi connectivity index (χ0v) is 14.6. The lowest BCUT2D eigenvalue weighted by atomic mass is 10.1. The molecule has 2 N–H and O–H groups in total. The Hall–Kier alpha value is -3.01. The summed E-state index contributed by atoms with van der Waals surface area (Å²) in [5.74, 6) is 1.28. The first kappa shape index (κ1) is 15.5. The van der Waals surface area contributed by atoms with Gasteiger partial charge in [-0.25, -0.2) is 4.99 Å². The summed E-state index contributed by atoms with van der Waals surface area (Å²) >= 11 is 0. The van der Waals surface area contributed by atoms with Crippen molar-refractivity contribution in [2.24, 2.45) is 4.99 Å². The van der Waals surface area contributed by atoms with Crippen molar-refractivity contribution in [2.75, 3.05) is 7.11 Å². The van der Waals surface area contributed by atoms with Gasteiger partial charge in [0.2, 0.25) is 0 Å². The number of nitrogens with zero attached hydrogens (tertiary/aromatic N) is 1. The van der Waals surface area contributed by atoms with Crippen molar-refractivity contribution in [3.8, 4) is 5.75 Å². The number of H-pyrrole nitrogens is 2. The SMILES string of the molecule is COc1cc(=C2C=c3ccccc3=N2)[nH]c1=Cc1ccc(C(C)C)[nH]1. The van der Waals surface area contributed by atoms with E-state index >= 15 is 0 Å². The average Bonchev–Trinajstić information content (AvgIpc) is 3.32. The van der Waals surface area contributed by atoms with Crippen LogP contribution in [-0.4, -0.2) is 17.1 Å². The second-order valence-corrected chi connectivity index (χ2v) is 6.53. The summed E-state index contributed by atoms with van der Waals surface area (Å²) in [5, 5.41) is 4.03. The Kier molecular flexibility index (Phi) is 3.80. The van der Waals surface area contributed by atoms with E-state index < -0.39 is 0 Å². The molecule has 0 saturated heterocycles. The summed E-state index contributed by atoms with van der Waals surface area (Å²) in [7, 11) is 1.69. The predicted octanol–water partition coefficient (Wildman–Crippen LogP) is 1.53. The lowest BCUT2D eigenvalue weighted by Crippen LogP contribution is -2.19. The van der Waals surface area contributed by atoms with Crippen molar-refractivity contribution in [3.63, 3.8) is 0 Å². The maximum absolute atomic E-state index is 5.54. The normalized spacial score (nSPS) is 15.9. The third kappa shape index (κ3) is 2.91. The molecule has 0 aliphatic carbocycles. The van der Waals surface area contributed by atoms with E-state index in [4.69, 9.17) is 9.73 Å². The predicted molar refractivity (Wildman–Crippen MR) is 100 cm³/mol. The van der Waals surface area contributed by atoms with Gasteiger partial charge in [-0.15, -0.1) is 0 Å². The molecule has 3 heterocycles. The van der Waals surface area contributed by atoms with Crippen molar-refractivity contribution >= 4 is 17.8 Å². The number of rotatable bonds is 3. The zero-order chi connectivity index (χ0) is 17.4. The molecular weight excluding hydrogens is 310 g/mol. The van der Waals surface area contributed by atoms with E-state index in [0.29, 0.717) is 5.92 Å². The smallest absolute Gasteiger partial charge is 0.144 e. The van der Waals surface area contributed by atoms with Crippen molar-refractivity contribution in [2.45, 2.75) is 19.8 Å². The third-order valence-corrected chi connectivity index (χ3v) is 4.43. The van der Waals surface area contributed by atoms with Crippen molar-refractivity contribution in [1.29, 1.82) is 0 Å². The Morgan fingerprint density at radius 3 is 2.64 bits per heavy atom. The monoisotopic (exact) mass is 331 g/mol. The molecule has 1 aliphatic heterocycles. The third-order valence-electron chi connectivity index (χ3n) is 4.43. The summed E-state index contributed by atoms with van der Waals surface area (Å²) in [6, 6.07) is 14.3. The first-order chi connectivity index (χ1) is 12.1. The number of fused-ring (bicyclic) bond motifs is 1. The van der Waals surface area contributed by atoms with E-state index in [-0.39, 0.29) is 0 Å². The minimum Gasteiger partial charge on any atom is -0.494 e. The van der Waals surface area contributed by atoms with Gasteiger partial charge in [-0.2, -0.15) is 0 Å². The molecule has 2 aromatic heterocycles. The van der Waals surface area contributed by atoms with Gasteiger partial charge in [0.05, 0.1) is 28.9 Å². The fourth-order valence-corrected chi connectivity index (χ4v) is 3.03. The Labute approximate surface area is 145 Å². The van der Waals surface area contributed by atoms with Gasteiger partial charge < -0.3 is 14.7 Å². The molecule has 1 aromatic carbocycles. The number of benzene rings is 1. The largest absolute Gasteiger partial charge is 0.494 e. The minimum atomic E-state index is 0.476. The van der Waals surface area contributed by atoms with Crippen LogP contribution in [0.5, 0.6) is 5.75 Å². The van der Waals surface area contributed by atoms with Crippen LogP contribution < -0.4 is 26.0 Å². The second kappa shape index (κ2) is 6.13. The summed E-state index contributed by atoms with van der Waals surface area (Å²) in [4.78, 5) is 11.6. The number of aromatic amines is 2. The van der Waals surface area contributed by atoms with Crippen molar-refractivity contribution in [3.05, 3.63) is 75.1 Å². The van der Waals surface area contributed by atoms with Crippen LogP contribution in [0.3, 0.4) is 0 Å². The molecular formula is C21H21N3O. The van der Waals surface area contributed by atoms with Crippen molar-refractivity contribution < 1.29 is 4.74 Å². The molecule has 0 spiro atoms. The number of hydrogen-bond acceptors (Lipinski definition) is 2. The molecule has 0 radical (unpaired) electrons. The minimum absolute atomic E-state index is 0.476. The van der Waals surface area contributed by atoms with Gasteiger partial charge in [0.1, 0.15) is 5.75 Å². The Morgan fingerprint density at radius 2 is 1.92 bits per heavy atom. The lowest BCUT2D eigenvalue weighted by molar-refractivity contribution is 0.412. The molecule has 3 aromatic rings. The molecule has 0 saturated carbocycles. The van der Waals surface area contributed by atoms with Gasteiger partial charge in [-0.3, -0.25) is 0 Å². The Bertz CT molecular complexity index is 1130. The zero-order valence-electron chi connectivity index (χ0n) is 14.6. The highest BCUT2D eigenvalue weighted by atomic mass is 16.5. The summed E-state index contributed by atoms with van der Waals surface area (Å²) < 4.78 is 5.54. The molecule has 4 rings (SSSR count). The average molecular weight is 331 g/mol. The Balaban J connectivity index is 1.85. The highest BCUT2D eigenvalue weighted by Gasteiger charge is 2.06. The molecule has 0 bridgehead atoms. The highest BCUT2D eigenvalue weighted by Crippen LogP contribution is 2.13. The van der Waals surface area contributed by atoms with Gasteiger partial charge >= 0.3 is 0 Å². The molecule has 0 fully saturated rings. The van der Waals surface area contributed by atoms with Crippen LogP contribution in [0.2, 0.25) is 0 Å². The van der Waals surface area contributed by atoms with Gasteiger partial charge in [0.25, 0.3) is 0 Å². The molecule has 4 heteroatoms. The summed E-state index contributed by atoms with van der Waals surface area (Å²) in [6.07, 6.45) is 4.16. The fourth-order valence-electron chi connectivity index (χ4n) is 3.03. The van der Waals surface area contributed by atoms with Crippen LogP contribution >= 0.6 is 0 Å². The number of nitrogens with one attached hydrogen (secondary N) is 2. The number of aromatic nitrogens is 2. The van der Waals surface area contributed by atoms with E-state index in [9.17, 15) is 0 Å². The van der Waals surface area contributed by atoms with Crippen LogP contribution in [0.1, 0.15) is 31.2 Å². The van der Waals surface area contributed by atoms with Gasteiger partial charge in [-0.05, 0) is 36.3 Å². The van der Waals surface area contributed by atoms with Crippen LogP contribution in [0.15, 0.2) is 47.5 Å². The molecule has 4 nitrogen and oxygen atoms in total. The van der Waals surface area contributed by atoms with Crippen molar-refractivity contribution in [1.82, 2.24) is 9.97 Å². The molecule has 1 aliphatic rings. The standard InChI is InChI=1S/C21H21N3O/c1-13(2)16-9-8-15(22-16)11-20-21(25-3)12-19(24-20)18-10-14-6-4-5-7-17(14)23-18/h4-13,22,24H,1-3H3. The van der Waals surface area contributed by atoms with E-state index in [2.05, 4.69) is 54.2 Å². The van der Waals surface area contributed by atoms with Crippen LogP contribution in [0.25, 0.3) is 17.8 Å². The number of hydrogen-bond donors (Lipinski definition) is 2. The van der Waals surface area contributed by atoms with Gasteiger partial charge in [0.15, 0.2) is 0 Å². The number of para-hydroxylation sites is 1. The van der Waals surface area contributed by atoms with Crippen LogP contribution in [-0.2, 0) is 0 Å². The van der Waals surface area contributed by atoms with E-state index in [1.807, 2.05) is 24.3 Å². The van der Waals surface area contributed by atoms with Gasteiger partial charge in [0, 0.05) is 22.7 Å². The van der Waals surface area contributed by atoms with Gasteiger partial charge in [-0.1, -0.05) is 32.0 Å². The number of methoxy groups -OCH3 is 1. The van der Waals surface area contributed by atoms with E-state index in [1.54, 1.807) is 7.11 Å². The lowest BCUT2D eigenvalue weighted by Gasteiger charge is -1.99. The Morgan fingerprint density at radius 1 is 1.08 bits per heavy atom. The van der Waals surface area contributed by atoms with E-state index in [1.165, 1.54) is 5.69 Å². The van der Waals surface area contributed by atoms with Crippen LogP contribution in [0, 0.1) is 0 Å². The molecule has 25 heavy (non-hydrogen) atoms. The second-order valence-electron chi connectivity index (χ2n) is 6.53. The summed E-state index contributed by atoms with van der Waals surface area (Å²) in [5.41, 5.74) is 3.20. The maximum Gasteiger partial charge on any atom is 0.144 e. The topological polar surface area (TPSA) is 53.2 Å². The molecule has 126 valence electrons. The van der Waals surface area contributed by atoms with E-state index in [0.717, 1.165) is 38.4 Å². The molecule has 0 unspecified atom stereocenters. The fraction of sp³-hybridized carbons (Fsp3) is 0.190. The first-order valence-electron chi connectivity index (χ1n) is 8.47. The maximum atomic E-state index is 5.54.